The van der Waals surface area contributed by atoms with E-state index in [-0.39, 0.29) is 0 Å². The SMILES string of the molecule is CCc1cc(C(=O)OC)c(NC(=S)Nc2cc(Cl)cc(Cl)c2)s1. The van der Waals surface area contributed by atoms with Crippen LogP contribution in [0, 0.1) is 0 Å². The third-order valence-corrected chi connectivity index (χ3v) is 4.72. The normalized spacial score (nSPS) is 10.3. The molecule has 122 valence electrons. The van der Waals surface area contributed by atoms with Gasteiger partial charge < -0.3 is 15.4 Å². The summed E-state index contributed by atoms with van der Waals surface area (Å²) in [7, 11) is 1.35. The molecule has 0 amide bonds. The lowest BCUT2D eigenvalue weighted by atomic mass is 10.2. The fourth-order valence-corrected chi connectivity index (χ4v) is 3.66. The first-order valence-corrected chi connectivity index (χ1v) is 8.66. The summed E-state index contributed by atoms with van der Waals surface area (Å²) in [6.45, 7) is 2.02. The van der Waals surface area contributed by atoms with Gasteiger partial charge in [-0.05, 0) is 42.9 Å². The van der Waals surface area contributed by atoms with E-state index in [0.717, 1.165) is 11.3 Å². The fraction of sp³-hybridized carbons (Fsp3) is 0.200. The molecule has 0 aliphatic rings. The van der Waals surface area contributed by atoms with Gasteiger partial charge in [-0.15, -0.1) is 11.3 Å². The van der Waals surface area contributed by atoms with E-state index < -0.39 is 5.97 Å². The van der Waals surface area contributed by atoms with Crippen LogP contribution in [0.25, 0.3) is 0 Å². The number of ether oxygens (including phenoxy) is 1. The Kier molecular flexibility index (Phi) is 6.24. The van der Waals surface area contributed by atoms with E-state index in [2.05, 4.69) is 10.6 Å². The molecular weight excluding hydrogens is 375 g/mol. The van der Waals surface area contributed by atoms with Gasteiger partial charge >= 0.3 is 5.97 Å². The Labute approximate surface area is 153 Å². The van der Waals surface area contributed by atoms with Crippen LogP contribution in [0.1, 0.15) is 22.2 Å². The van der Waals surface area contributed by atoms with Crippen molar-refractivity contribution < 1.29 is 9.53 Å². The molecule has 2 rings (SSSR count). The number of carbonyl (C=O) groups excluding carboxylic acids is 1. The minimum atomic E-state index is -0.406. The average molecular weight is 389 g/mol. The van der Waals surface area contributed by atoms with Crippen LogP contribution in [-0.2, 0) is 11.2 Å². The highest BCUT2D eigenvalue weighted by Gasteiger charge is 2.17. The highest BCUT2D eigenvalue weighted by atomic mass is 35.5. The number of aryl methyl sites for hydroxylation is 1. The zero-order valence-electron chi connectivity index (χ0n) is 12.4. The van der Waals surface area contributed by atoms with Crippen LogP contribution in [-0.4, -0.2) is 18.2 Å². The molecule has 0 atom stereocenters. The summed E-state index contributed by atoms with van der Waals surface area (Å²) >= 11 is 18.6. The third-order valence-electron chi connectivity index (χ3n) is 2.88. The predicted octanol–water partition coefficient (Wildman–Crippen LogP) is 5.21. The number of nitrogens with one attached hydrogen (secondary N) is 2. The number of hydrogen-bond acceptors (Lipinski definition) is 4. The van der Waals surface area contributed by atoms with E-state index in [1.807, 2.05) is 6.92 Å². The highest BCUT2D eigenvalue weighted by Crippen LogP contribution is 2.29. The Balaban J connectivity index is 2.16. The number of carbonyl (C=O) groups is 1. The molecule has 0 aliphatic heterocycles. The van der Waals surface area contributed by atoms with Gasteiger partial charge in [-0.3, -0.25) is 0 Å². The molecule has 0 unspecified atom stereocenters. The number of benzene rings is 1. The topological polar surface area (TPSA) is 50.4 Å². The van der Waals surface area contributed by atoms with Crippen molar-refractivity contribution in [3.05, 3.63) is 44.8 Å². The second-order valence-corrected chi connectivity index (χ2v) is 6.96. The van der Waals surface area contributed by atoms with Crippen molar-refractivity contribution in [2.75, 3.05) is 17.7 Å². The monoisotopic (exact) mass is 388 g/mol. The largest absolute Gasteiger partial charge is 0.465 e. The minimum Gasteiger partial charge on any atom is -0.465 e. The summed E-state index contributed by atoms with van der Waals surface area (Å²) in [6.07, 6.45) is 0.820. The molecule has 0 saturated carbocycles. The molecule has 2 aromatic rings. The average Bonchev–Trinajstić information content (AvgIpc) is 2.88. The molecule has 0 fully saturated rings. The Bertz CT molecular complexity index is 727. The Morgan fingerprint density at radius 1 is 1.22 bits per heavy atom. The van der Waals surface area contributed by atoms with Gasteiger partial charge in [0.1, 0.15) is 5.00 Å². The predicted molar refractivity (Wildman–Crippen MR) is 101 cm³/mol. The van der Waals surface area contributed by atoms with Crippen molar-refractivity contribution in [1.29, 1.82) is 0 Å². The smallest absolute Gasteiger partial charge is 0.340 e. The Hall–Kier alpha value is -1.34. The van der Waals surface area contributed by atoms with Crippen LogP contribution >= 0.6 is 46.8 Å². The van der Waals surface area contributed by atoms with Crippen molar-refractivity contribution in [3.8, 4) is 0 Å². The number of thiocarbonyl (C=S) groups is 1. The second kappa shape index (κ2) is 7.97. The lowest BCUT2D eigenvalue weighted by molar-refractivity contribution is 0.0602. The number of thiophene rings is 1. The molecule has 8 heteroatoms. The summed E-state index contributed by atoms with van der Waals surface area (Å²) < 4.78 is 4.80. The van der Waals surface area contributed by atoms with Gasteiger partial charge in [0.25, 0.3) is 0 Å². The first kappa shape index (κ1) is 18.0. The number of hydrogen-bond donors (Lipinski definition) is 2. The second-order valence-electron chi connectivity index (χ2n) is 4.54. The highest BCUT2D eigenvalue weighted by molar-refractivity contribution is 7.80. The molecule has 23 heavy (non-hydrogen) atoms. The molecule has 0 saturated heterocycles. The maximum absolute atomic E-state index is 11.8. The molecule has 1 heterocycles. The van der Waals surface area contributed by atoms with Gasteiger partial charge in [-0.25, -0.2) is 4.79 Å². The standard InChI is InChI=1S/C15H14Cl2N2O2S2/c1-3-11-7-12(14(20)21-2)13(23-11)19-15(22)18-10-5-8(16)4-9(17)6-10/h4-7H,3H2,1-2H3,(H2,18,19,22). The molecule has 0 bridgehead atoms. The van der Waals surface area contributed by atoms with Crippen molar-refractivity contribution in [2.24, 2.45) is 0 Å². The minimum absolute atomic E-state index is 0.331. The number of rotatable bonds is 4. The Morgan fingerprint density at radius 3 is 2.43 bits per heavy atom. The molecule has 0 aliphatic carbocycles. The first-order chi connectivity index (χ1) is 10.9. The van der Waals surface area contributed by atoms with E-state index in [1.54, 1.807) is 24.3 Å². The van der Waals surface area contributed by atoms with Gasteiger partial charge in [0.2, 0.25) is 0 Å². The molecule has 1 aromatic carbocycles. The number of anilines is 2. The van der Waals surface area contributed by atoms with Crippen LogP contribution in [0.2, 0.25) is 10.0 Å². The number of esters is 1. The fourth-order valence-electron chi connectivity index (χ4n) is 1.86. The van der Waals surface area contributed by atoms with Crippen LogP contribution in [0.15, 0.2) is 24.3 Å². The van der Waals surface area contributed by atoms with Gasteiger partial charge in [0.05, 0.1) is 12.7 Å². The van der Waals surface area contributed by atoms with Gasteiger partial charge in [0, 0.05) is 20.6 Å². The maximum atomic E-state index is 11.8. The first-order valence-electron chi connectivity index (χ1n) is 6.68. The maximum Gasteiger partial charge on any atom is 0.340 e. The number of methoxy groups -OCH3 is 1. The quantitative estimate of drug-likeness (QED) is 0.555. The van der Waals surface area contributed by atoms with Crippen LogP contribution in [0.5, 0.6) is 0 Å². The van der Waals surface area contributed by atoms with E-state index >= 15 is 0 Å². The van der Waals surface area contributed by atoms with Crippen molar-refractivity contribution in [1.82, 2.24) is 0 Å². The van der Waals surface area contributed by atoms with Gasteiger partial charge in [-0.2, -0.15) is 0 Å². The van der Waals surface area contributed by atoms with E-state index in [9.17, 15) is 4.79 Å². The summed E-state index contributed by atoms with van der Waals surface area (Å²) in [5.74, 6) is -0.406. The zero-order valence-corrected chi connectivity index (χ0v) is 15.6. The van der Waals surface area contributed by atoms with Crippen LogP contribution in [0.4, 0.5) is 10.7 Å². The number of halogens is 2. The van der Waals surface area contributed by atoms with Gasteiger partial charge in [0.15, 0.2) is 5.11 Å². The molecular formula is C15H14Cl2N2O2S2. The molecule has 0 radical (unpaired) electrons. The molecule has 0 spiro atoms. The van der Waals surface area contributed by atoms with Crippen molar-refractivity contribution in [3.63, 3.8) is 0 Å². The third kappa shape index (κ3) is 4.81. The van der Waals surface area contributed by atoms with Crippen LogP contribution in [0.3, 0.4) is 0 Å². The summed E-state index contributed by atoms with van der Waals surface area (Å²) in [6, 6.07) is 6.84. The lowest BCUT2D eigenvalue weighted by Gasteiger charge is -2.11. The van der Waals surface area contributed by atoms with Crippen molar-refractivity contribution in [2.45, 2.75) is 13.3 Å². The van der Waals surface area contributed by atoms with Crippen LogP contribution < -0.4 is 10.6 Å². The lowest BCUT2D eigenvalue weighted by Crippen LogP contribution is -2.19. The molecule has 2 N–H and O–H groups in total. The van der Waals surface area contributed by atoms with E-state index in [1.165, 1.54) is 18.4 Å². The Morgan fingerprint density at radius 2 is 1.87 bits per heavy atom. The molecule has 4 nitrogen and oxygen atoms in total. The summed E-state index contributed by atoms with van der Waals surface area (Å²) in [5.41, 5.74) is 1.12. The summed E-state index contributed by atoms with van der Waals surface area (Å²) in [5, 5.41) is 7.98. The zero-order chi connectivity index (χ0) is 17.0. The van der Waals surface area contributed by atoms with Gasteiger partial charge in [-0.1, -0.05) is 30.1 Å². The van der Waals surface area contributed by atoms with E-state index in [4.69, 9.17) is 40.2 Å². The summed E-state index contributed by atoms with van der Waals surface area (Å²) in [4.78, 5) is 12.9. The molecule has 1 aromatic heterocycles. The van der Waals surface area contributed by atoms with E-state index in [0.29, 0.717) is 31.4 Å². The van der Waals surface area contributed by atoms with Crippen molar-refractivity contribution >= 4 is 68.5 Å².